The van der Waals surface area contributed by atoms with Crippen LogP contribution in [0.1, 0.15) is 22.3 Å². The summed E-state index contributed by atoms with van der Waals surface area (Å²) >= 11 is 3.24. The van der Waals surface area contributed by atoms with Crippen LogP contribution in [0.3, 0.4) is 0 Å². The number of hydrogen-bond acceptors (Lipinski definition) is 3. The molecule has 2 amide bonds. The van der Waals surface area contributed by atoms with E-state index in [-0.39, 0.29) is 24.4 Å². The Labute approximate surface area is 172 Å². The lowest BCUT2D eigenvalue weighted by Gasteiger charge is -2.36. The maximum Gasteiger partial charge on any atom is 0.252 e. The maximum atomic E-state index is 13.3. The van der Waals surface area contributed by atoms with Crippen molar-refractivity contribution < 1.29 is 14.0 Å². The summed E-state index contributed by atoms with van der Waals surface area (Å²) in [5.41, 5.74) is 2.66. The zero-order valence-electron chi connectivity index (χ0n) is 15.8. The lowest BCUT2D eigenvalue weighted by molar-refractivity contribution is -0.131. The third-order valence-corrected chi connectivity index (χ3v) is 5.58. The van der Waals surface area contributed by atoms with Crippen LogP contribution in [0.5, 0.6) is 0 Å². The Hall–Kier alpha value is -2.41. The third-order valence-electron chi connectivity index (χ3n) is 4.89. The van der Waals surface area contributed by atoms with E-state index in [4.69, 9.17) is 0 Å². The molecular weight excluding hydrogens is 425 g/mol. The summed E-state index contributed by atoms with van der Waals surface area (Å²) in [5, 5.41) is 2.69. The van der Waals surface area contributed by atoms with E-state index in [1.54, 1.807) is 0 Å². The number of carbonyl (C=O) groups is 2. The summed E-state index contributed by atoms with van der Waals surface area (Å²) in [5.74, 6) is -0.859. The molecule has 0 saturated carbocycles. The van der Waals surface area contributed by atoms with Crippen LogP contribution in [0, 0.1) is 12.7 Å². The van der Waals surface area contributed by atoms with E-state index in [0.29, 0.717) is 17.6 Å². The first-order valence-corrected chi connectivity index (χ1v) is 10.1. The van der Waals surface area contributed by atoms with E-state index in [1.807, 2.05) is 17.0 Å². The lowest BCUT2D eigenvalue weighted by Crippen LogP contribution is -2.49. The average Bonchev–Trinajstić information content (AvgIpc) is 2.70. The average molecular weight is 448 g/mol. The largest absolute Gasteiger partial charge is 0.368 e. The summed E-state index contributed by atoms with van der Waals surface area (Å²) in [6.07, 6.45) is 0.225. The highest BCUT2D eigenvalue weighted by Gasteiger charge is 2.22. The number of nitrogens with zero attached hydrogens (tertiary/aromatic N) is 2. The minimum absolute atomic E-state index is 0.0167. The molecule has 1 saturated heterocycles. The summed E-state index contributed by atoms with van der Waals surface area (Å²) in [6.45, 7) is 5.22. The van der Waals surface area contributed by atoms with E-state index in [1.165, 1.54) is 29.4 Å². The minimum Gasteiger partial charge on any atom is -0.368 e. The Morgan fingerprint density at radius 3 is 2.54 bits per heavy atom. The van der Waals surface area contributed by atoms with E-state index < -0.39 is 11.7 Å². The normalized spacial score (nSPS) is 14.1. The molecule has 148 valence electrons. The van der Waals surface area contributed by atoms with Crippen molar-refractivity contribution in [3.63, 3.8) is 0 Å². The van der Waals surface area contributed by atoms with Crippen molar-refractivity contribution in [1.29, 1.82) is 0 Å². The third kappa shape index (κ3) is 4.90. The first-order chi connectivity index (χ1) is 13.5. The minimum atomic E-state index is -0.476. The number of hydrogen-bond donors (Lipinski definition) is 1. The molecule has 1 aliphatic rings. The monoisotopic (exact) mass is 447 g/mol. The van der Waals surface area contributed by atoms with Crippen LogP contribution in [0.4, 0.5) is 10.1 Å². The Bertz CT molecular complexity index is 866. The highest BCUT2D eigenvalue weighted by molar-refractivity contribution is 9.10. The zero-order valence-corrected chi connectivity index (χ0v) is 17.3. The summed E-state index contributed by atoms with van der Waals surface area (Å²) < 4.78 is 13.8. The molecule has 2 aromatic rings. The topological polar surface area (TPSA) is 52.6 Å². The highest BCUT2D eigenvalue weighted by Crippen LogP contribution is 2.21. The Balaban J connectivity index is 1.45. The molecule has 1 N–H and O–H groups in total. The van der Waals surface area contributed by atoms with E-state index in [9.17, 15) is 14.0 Å². The molecule has 0 unspecified atom stereocenters. The van der Waals surface area contributed by atoms with Gasteiger partial charge < -0.3 is 15.1 Å². The van der Waals surface area contributed by atoms with Crippen LogP contribution in [0.25, 0.3) is 0 Å². The predicted octanol–water partition coefficient (Wildman–Crippen LogP) is 3.37. The predicted molar refractivity (Wildman–Crippen MR) is 111 cm³/mol. The molecule has 0 atom stereocenters. The van der Waals surface area contributed by atoms with Crippen molar-refractivity contribution in [2.75, 3.05) is 37.6 Å². The fraction of sp³-hybridized carbons (Fsp3) is 0.333. The number of rotatable bonds is 5. The number of piperazine rings is 1. The Morgan fingerprint density at radius 2 is 1.82 bits per heavy atom. The first kappa shape index (κ1) is 20.3. The summed E-state index contributed by atoms with van der Waals surface area (Å²) in [7, 11) is 0. The number of benzene rings is 2. The molecular formula is C21H23BrFN3O2. The number of para-hydroxylation sites is 1. The number of halogens is 2. The summed E-state index contributed by atoms with van der Waals surface area (Å²) in [6, 6.07) is 12.2. The van der Waals surface area contributed by atoms with Crippen LogP contribution in [-0.2, 0) is 4.79 Å². The van der Waals surface area contributed by atoms with Gasteiger partial charge in [-0.15, -0.1) is 0 Å². The number of carbonyl (C=O) groups excluding carboxylic acids is 2. The highest BCUT2D eigenvalue weighted by atomic mass is 79.9. The maximum absolute atomic E-state index is 13.3. The smallest absolute Gasteiger partial charge is 0.252 e. The van der Waals surface area contributed by atoms with Crippen molar-refractivity contribution >= 4 is 33.4 Å². The standard InChI is InChI=1S/C21H23BrFN3O2/c1-15-4-2-3-5-19(15)25-10-12-26(13-11-25)20(27)8-9-24-21(28)17-14-16(23)6-7-18(17)22/h2-7,14H,8-13H2,1H3,(H,24,28). The molecule has 5 nitrogen and oxygen atoms in total. The second-order valence-electron chi connectivity index (χ2n) is 6.78. The molecule has 0 spiro atoms. The van der Waals surface area contributed by atoms with Gasteiger partial charge >= 0.3 is 0 Å². The van der Waals surface area contributed by atoms with Gasteiger partial charge in [-0.2, -0.15) is 0 Å². The van der Waals surface area contributed by atoms with Gasteiger partial charge in [-0.05, 0) is 52.7 Å². The number of anilines is 1. The quantitative estimate of drug-likeness (QED) is 0.764. The van der Waals surface area contributed by atoms with Gasteiger partial charge in [-0.25, -0.2) is 4.39 Å². The molecule has 0 bridgehead atoms. The summed E-state index contributed by atoms with van der Waals surface area (Å²) in [4.78, 5) is 28.7. The van der Waals surface area contributed by atoms with Crippen molar-refractivity contribution in [3.8, 4) is 0 Å². The van der Waals surface area contributed by atoms with Gasteiger partial charge in [0.15, 0.2) is 0 Å². The van der Waals surface area contributed by atoms with Crippen LogP contribution in [-0.4, -0.2) is 49.4 Å². The fourth-order valence-corrected chi connectivity index (χ4v) is 3.75. The number of nitrogens with one attached hydrogen (secondary N) is 1. The molecule has 0 radical (unpaired) electrons. The molecule has 1 aliphatic heterocycles. The van der Waals surface area contributed by atoms with Gasteiger partial charge in [0.2, 0.25) is 5.91 Å². The molecule has 7 heteroatoms. The number of amides is 2. The second kappa shape index (κ2) is 9.19. The van der Waals surface area contributed by atoms with Gasteiger partial charge in [-0.1, -0.05) is 18.2 Å². The molecule has 0 aliphatic carbocycles. The molecule has 0 aromatic heterocycles. The van der Waals surface area contributed by atoms with E-state index in [2.05, 4.69) is 45.2 Å². The van der Waals surface area contributed by atoms with E-state index in [0.717, 1.165) is 13.1 Å². The second-order valence-corrected chi connectivity index (χ2v) is 7.64. The van der Waals surface area contributed by atoms with Crippen molar-refractivity contribution in [2.45, 2.75) is 13.3 Å². The molecule has 1 heterocycles. The van der Waals surface area contributed by atoms with Crippen LogP contribution < -0.4 is 10.2 Å². The SMILES string of the molecule is Cc1ccccc1N1CCN(C(=O)CCNC(=O)c2cc(F)ccc2Br)CC1. The number of aryl methyl sites for hydroxylation is 1. The van der Waals surface area contributed by atoms with Gasteiger partial charge in [0.1, 0.15) is 5.82 Å². The van der Waals surface area contributed by atoms with Crippen LogP contribution in [0.2, 0.25) is 0 Å². The lowest BCUT2D eigenvalue weighted by atomic mass is 10.1. The molecule has 1 fully saturated rings. The van der Waals surface area contributed by atoms with Gasteiger partial charge in [0, 0.05) is 49.3 Å². The van der Waals surface area contributed by atoms with Gasteiger partial charge in [0.05, 0.1) is 5.56 Å². The van der Waals surface area contributed by atoms with Crippen molar-refractivity contribution in [3.05, 3.63) is 63.9 Å². The fourth-order valence-electron chi connectivity index (χ4n) is 3.32. The Morgan fingerprint density at radius 1 is 1.11 bits per heavy atom. The Kier molecular flexibility index (Phi) is 6.67. The first-order valence-electron chi connectivity index (χ1n) is 9.27. The van der Waals surface area contributed by atoms with Gasteiger partial charge in [0.25, 0.3) is 5.91 Å². The van der Waals surface area contributed by atoms with Gasteiger partial charge in [-0.3, -0.25) is 9.59 Å². The van der Waals surface area contributed by atoms with Crippen LogP contribution in [0.15, 0.2) is 46.9 Å². The van der Waals surface area contributed by atoms with E-state index >= 15 is 0 Å². The van der Waals surface area contributed by atoms with Crippen molar-refractivity contribution in [2.24, 2.45) is 0 Å². The molecule has 3 rings (SSSR count). The van der Waals surface area contributed by atoms with Crippen LogP contribution >= 0.6 is 15.9 Å². The van der Waals surface area contributed by atoms with Crippen molar-refractivity contribution in [1.82, 2.24) is 10.2 Å². The zero-order chi connectivity index (χ0) is 20.1. The molecule has 28 heavy (non-hydrogen) atoms. The molecule has 2 aromatic carbocycles.